The number of carbonyl (C=O) groups is 1. The van der Waals surface area contributed by atoms with Gasteiger partial charge in [0.2, 0.25) is 0 Å². The fourth-order valence-corrected chi connectivity index (χ4v) is 5.14. The van der Waals surface area contributed by atoms with Crippen LogP contribution in [0, 0.1) is 17.0 Å². The Morgan fingerprint density at radius 3 is 2.46 bits per heavy atom. The van der Waals surface area contributed by atoms with Crippen molar-refractivity contribution < 1.29 is 18.3 Å². The van der Waals surface area contributed by atoms with Crippen molar-refractivity contribution in [3.05, 3.63) is 82.7 Å². The Hall–Kier alpha value is -4.09. The molecule has 1 amide bonds. The molecule has 41 heavy (non-hydrogen) atoms. The lowest BCUT2D eigenvalue weighted by atomic mass is 10.1. The Labute approximate surface area is 238 Å². The highest BCUT2D eigenvalue weighted by Gasteiger charge is 2.22. The predicted octanol–water partition coefficient (Wildman–Crippen LogP) is 3.63. The average Bonchev–Trinajstić information content (AvgIpc) is 2.94. The Morgan fingerprint density at radius 1 is 1.05 bits per heavy atom. The van der Waals surface area contributed by atoms with Crippen LogP contribution in [0.5, 0.6) is 0 Å². The number of likely N-dealkylation sites (N-methyl/N-ethyl adjacent to an activating group) is 1. The van der Waals surface area contributed by atoms with Gasteiger partial charge in [-0.05, 0) is 67.9 Å². The maximum Gasteiger partial charge on any atom is 0.258 e. The third-order valence-corrected chi connectivity index (χ3v) is 7.46. The van der Waals surface area contributed by atoms with Crippen molar-refractivity contribution in [1.29, 1.82) is 5.41 Å². The third-order valence-electron chi connectivity index (χ3n) is 7.46. The lowest BCUT2D eigenvalue weighted by Gasteiger charge is -2.34. The van der Waals surface area contributed by atoms with Crippen LogP contribution in [-0.2, 0) is 11.2 Å². The van der Waals surface area contributed by atoms with Crippen LogP contribution in [-0.4, -0.2) is 74.1 Å². The standard InChI is InChI=1S/C30H35F2N7O2/c1-38-8-10-39(11-9-38)24-3-4-25(27(18-24)35-22-6-12-41-13-7-22)30(40)37-29(34)28-26(33)5-2-23(36-28)16-19-14-20(31)17-21(32)15-19/h2-5,14-15,17-18,22,35H,6-13,16,33H2,1H3,(H2,34,37,40). The number of nitrogens with zero attached hydrogens (tertiary/aromatic N) is 3. The molecule has 2 aliphatic heterocycles. The van der Waals surface area contributed by atoms with Crippen LogP contribution in [0.15, 0.2) is 48.5 Å². The summed E-state index contributed by atoms with van der Waals surface area (Å²) >= 11 is 0. The number of hydrogen-bond acceptors (Lipinski definition) is 8. The maximum atomic E-state index is 13.7. The Morgan fingerprint density at radius 2 is 1.76 bits per heavy atom. The van der Waals surface area contributed by atoms with Crippen LogP contribution in [0.25, 0.3) is 0 Å². The molecule has 2 saturated heterocycles. The number of nitrogens with two attached hydrogens (primary N) is 1. The van der Waals surface area contributed by atoms with E-state index in [2.05, 4.69) is 32.5 Å². The number of anilines is 3. The van der Waals surface area contributed by atoms with Crippen molar-refractivity contribution in [2.45, 2.75) is 25.3 Å². The van der Waals surface area contributed by atoms with E-state index in [4.69, 9.17) is 15.9 Å². The smallest absolute Gasteiger partial charge is 0.258 e. The molecule has 2 aliphatic rings. The van der Waals surface area contributed by atoms with Gasteiger partial charge in [-0.2, -0.15) is 0 Å². The van der Waals surface area contributed by atoms with E-state index in [1.165, 1.54) is 12.1 Å². The highest BCUT2D eigenvalue weighted by Crippen LogP contribution is 2.27. The molecule has 2 fully saturated rings. The number of pyridine rings is 1. The molecule has 0 bridgehead atoms. The summed E-state index contributed by atoms with van der Waals surface area (Å²) in [5.41, 5.74) is 9.38. The van der Waals surface area contributed by atoms with Gasteiger partial charge >= 0.3 is 0 Å². The molecule has 5 N–H and O–H groups in total. The Bertz CT molecular complexity index is 1400. The highest BCUT2D eigenvalue weighted by molar-refractivity contribution is 6.14. The first kappa shape index (κ1) is 28.4. The van der Waals surface area contributed by atoms with Crippen LogP contribution < -0.4 is 21.3 Å². The van der Waals surface area contributed by atoms with Crippen LogP contribution >= 0.6 is 0 Å². The fraction of sp³-hybridized carbons (Fsp3) is 0.367. The quantitative estimate of drug-likeness (QED) is 0.256. The monoisotopic (exact) mass is 563 g/mol. The van der Waals surface area contributed by atoms with E-state index in [1.54, 1.807) is 18.2 Å². The summed E-state index contributed by atoms with van der Waals surface area (Å²) in [6, 6.07) is 12.3. The van der Waals surface area contributed by atoms with E-state index in [0.29, 0.717) is 35.7 Å². The molecule has 0 spiro atoms. The van der Waals surface area contributed by atoms with Crippen molar-refractivity contribution in [2.24, 2.45) is 0 Å². The van der Waals surface area contributed by atoms with Crippen LogP contribution in [0.4, 0.5) is 25.8 Å². The molecule has 0 saturated carbocycles. The molecule has 9 nitrogen and oxygen atoms in total. The summed E-state index contributed by atoms with van der Waals surface area (Å²) in [4.78, 5) is 22.5. The lowest BCUT2D eigenvalue weighted by Crippen LogP contribution is -2.44. The van der Waals surface area contributed by atoms with Gasteiger partial charge in [-0.1, -0.05) is 0 Å². The Balaban J connectivity index is 1.35. The first-order valence-electron chi connectivity index (χ1n) is 13.8. The number of benzene rings is 2. The van der Waals surface area contributed by atoms with Gasteiger partial charge in [0, 0.05) is 75.0 Å². The number of ether oxygens (including phenoxy) is 1. The summed E-state index contributed by atoms with van der Waals surface area (Å²) in [5.74, 6) is -2.09. The van der Waals surface area contributed by atoms with Gasteiger partial charge in [-0.25, -0.2) is 13.8 Å². The van der Waals surface area contributed by atoms with E-state index in [-0.39, 0.29) is 29.7 Å². The molecule has 0 unspecified atom stereocenters. The molecular weight excluding hydrogens is 528 g/mol. The first-order valence-corrected chi connectivity index (χ1v) is 13.8. The first-order chi connectivity index (χ1) is 19.7. The number of aromatic nitrogens is 1. The van der Waals surface area contributed by atoms with Crippen molar-refractivity contribution in [1.82, 2.24) is 15.2 Å². The van der Waals surface area contributed by atoms with Gasteiger partial charge in [0.15, 0.2) is 5.84 Å². The second-order valence-corrected chi connectivity index (χ2v) is 10.6. The number of nitrogen functional groups attached to an aromatic ring is 1. The number of piperazine rings is 1. The van der Waals surface area contributed by atoms with Crippen molar-refractivity contribution >= 4 is 28.8 Å². The second kappa shape index (κ2) is 12.6. The zero-order chi connectivity index (χ0) is 28.9. The Kier molecular flexibility index (Phi) is 8.75. The van der Waals surface area contributed by atoms with Gasteiger partial charge in [0.05, 0.1) is 11.3 Å². The van der Waals surface area contributed by atoms with Gasteiger partial charge in [-0.3, -0.25) is 10.2 Å². The van der Waals surface area contributed by atoms with Crippen molar-refractivity contribution in [3.8, 4) is 0 Å². The molecule has 0 aliphatic carbocycles. The van der Waals surface area contributed by atoms with Gasteiger partial charge in [-0.15, -0.1) is 0 Å². The summed E-state index contributed by atoms with van der Waals surface area (Å²) in [5, 5.41) is 14.8. The van der Waals surface area contributed by atoms with Crippen LogP contribution in [0.3, 0.4) is 0 Å². The maximum absolute atomic E-state index is 13.7. The number of halogens is 2. The van der Waals surface area contributed by atoms with Crippen molar-refractivity contribution in [3.63, 3.8) is 0 Å². The molecule has 1 aromatic heterocycles. The minimum Gasteiger partial charge on any atom is -0.397 e. The third kappa shape index (κ3) is 7.17. The second-order valence-electron chi connectivity index (χ2n) is 10.6. The molecule has 11 heteroatoms. The normalized spacial score (nSPS) is 16.4. The molecule has 3 aromatic rings. The molecule has 0 atom stereocenters. The molecule has 3 heterocycles. The molecular formula is C30H35F2N7O2. The number of nitrogens with one attached hydrogen (secondary N) is 3. The predicted molar refractivity (Wildman–Crippen MR) is 156 cm³/mol. The minimum absolute atomic E-state index is 0.0840. The van der Waals surface area contributed by atoms with E-state index in [0.717, 1.165) is 50.8 Å². The summed E-state index contributed by atoms with van der Waals surface area (Å²) in [6.45, 7) is 5.03. The highest BCUT2D eigenvalue weighted by atomic mass is 19.1. The van der Waals surface area contributed by atoms with E-state index in [1.807, 2.05) is 12.1 Å². The van der Waals surface area contributed by atoms with E-state index < -0.39 is 17.5 Å². The summed E-state index contributed by atoms with van der Waals surface area (Å²) in [7, 11) is 2.11. The minimum atomic E-state index is -0.681. The number of hydrogen-bond donors (Lipinski definition) is 4. The van der Waals surface area contributed by atoms with Crippen LogP contribution in [0.2, 0.25) is 0 Å². The van der Waals surface area contributed by atoms with E-state index >= 15 is 0 Å². The van der Waals surface area contributed by atoms with E-state index in [9.17, 15) is 13.6 Å². The van der Waals surface area contributed by atoms with Gasteiger partial charge in [0.1, 0.15) is 17.3 Å². The molecule has 216 valence electrons. The van der Waals surface area contributed by atoms with Gasteiger partial charge in [0.25, 0.3) is 5.91 Å². The topological polar surface area (TPSA) is 120 Å². The molecule has 0 radical (unpaired) electrons. The largest absolute Gasteiger partial charge is 0.397 e. The molecule has 2 aromatic carbocycles. The zero-order valence-corrected chi connectivity index (χ0v) is 23.1. The van der Waals surface area contributed by atoms with Crippen molar-refractivity contribution in [2.75, 3.05) is 62.4 Å². The number of rotatable bonds is 7. The summed E-state index contributed by atoms with van der Waals surface area (Å²) in [6.07, 6.45) is 1.80. The zero-order valence-electron chi connectivity index (χ0n) is 23.1. The number of amidine groups is 1. The fourth-order valence-electron chi connectivity index (χ4n) is 5.14. The van der Waals surface area contributed by atoms with Crippen LogP contribution in [0.1, 0.15) is 40.2 Å². The lowest BCUT2D eigenvalue weighted by molar-refractivity contribution is 0.0904. The van der Waals surface area contributed by atoms with Gasteiger partial charge < -0.3 is 30.9 Å². The number of amides is 1. The summed E-state index contributed by atoms with van der Waals surface area (Å²) < 4.78 is 32.8. The average molecular weight is 564 g/mol. The number of carbonyl (C=O) groups excluding carboxylic acids is 1. The molecule has 5 rings (SSSR count). The SMILES string of the molecule is CN1CCN(c2ccc(C(=O)NC(=N)c3nc(Cc4cc(F)cc(F)c4)ccc3N)c(NC3CCOCC3)c2)CC1.